The lowest BCUT2D eigenvalue weighted by Gasteiger charge is -2.06. The molecule has 1 heterocycles. The Labute approximate surface area is 75.5 Å². The number of rotatable bonds is 1. The molecule has 14 heavy (non-hydrogen) atoms. The number of ether oxygens (including phenoxy) is 1. The second-order valence-electron chi connectivity index (χ2n) is 2.23. The van der Waals surface area contributed by atoms with Crippen LogP contribution in [0.2, 0.25) is 0 Å². The molecule has 1 aromatic rings. The summed E-state index contributed by atoms with van der Waals surface area (Å²) in [7, 11) is 0. The third kappa shape index (κ3) is 2.52. The van der Waals surface area contributed by atoms with Crippen LogP contribution in [0.4, 0.5) is 13.2 Å². The molecule has 1 N–H and O–H groups in total. The SMILES string of the molecule is N#Cc1cc(=O)c(OC(F)(F)F)c[nH]1. The molecule has 7 heteroatoms. The lowest BCUT2D eigenvalue weighted by molar-refractivity contribution is -0.275. The van der Waals surface area contributed by atoms with Gasteiger partial charge in [-0.1, -0.05) is 0 Å². The number of nitriles is 1. The smallest absolute Gasteiger partial charge is 0.400 e. The van der Waals surface area contributed by atoms with Crippen molar-refractivity contribution in [2.24, 2.45) is 0 Å². The zero-order chi connectivity index (χ0) is 10.8. The van der Waals surface area contributed by atoms with Gasteiger partial charge in [0.15, 0.2) is 5.75 Å². The van der Waals surface area contributed by atoms with Gasteiger partial charge in [0, 0.05) is 12.3 Å². The lowest BCUT2D eigenvalue weighted by Crippen LogP contribution is -2.21. The summed E-state index contributed by atoms with van der Waals surface area (Å²) in [5.74, 6) is -0.892. The molecule has 0 atom stereocenters. The Balaban J connectivity index is 3.03. The summed E-state index contributed by atoms with van der Waals surface area (Å²) in [6.07, 6.45) is -4.23. The highest BCUT2D eigenvalue weighted by molar-refractivity contribution is 5.26. The normalized spacial score (nSPS) is 10.7. The van der Waals surface area contributed by atoms with Crippen molar-refractivity contribution >= 4 is 0 Å². The third-order valence-corrected chi connectivity index (χ3v) is 1.22. The van der Waals surface area contributed by atoms with Crippen molar-refractivity contribution in [3.63, 3.8) is 0 Å². The molecule has 0 radical (unpaired) electrons. The summed E-state index contributed by atoms with van der Waals surface area (Å²) in [5.41, 5.74) is -1.14. The van der Waals surface area contributed by atoms with Gasteiger partial charge in [0.2, 0.25) is 5.43 Å². The second-order valence-corrected chi connectivity index (χ2v) is 2.23. The first kappa shape index (κ1) is 10.1. The van der Waals surface area contributed by atoms with Gasteiger partial charge in [0.05, 0.1) is 0 Å². The predicted molar refractivity (Wildman–Crippen MR) is 38.5 cm³/mol. The fraction of sp³-hybridized carbons (Fsp3) is 0.143. The van der Waals surface area contributed by atoms with E-state index in [9.17, 15) is 18.0 Å². The van der Waals surface area contributed by atoms with Crippen LogP contribution < -0.4 is 10.2 Å². The van der Waals surface area contributed by atoms with Crippen LogP contribution in [0, 0.1) is 11.3 Å². The maximum absolute atomic E-state index is 11.7. The molecule has 74 valence electrons. The Bertz CT molecular complexity index is 430. The lowest BCUT2D eigenvalue weighted by atomic mass is 10.3. The molecule has 0 saturated heterocycles. The van der Waals surface area contributed by atoms with Crippen molar-refractivity contribution in [2.45, 2.75) is 6.36 Å². The predicted octanol–water partition coefficient (Wildman–Crippen LogP) is 1.15. The average Bonchev–Trinajstić information content (AvgIpc) is 2.06. The van der Waals surface area contributed by atoms with E-state index in [1.165, 1.54) is 0 Å². The van der Waals surface area contributed by atoms with Crippen LogP contribution in [0.1, 0.15) is 5.69 Å². The van der Waals surface area contributed by atoms with E-state index in [1.807, 2.05) is 0 Å². The molecule has 0 aliphatic carbocycles. The average molecular weight is 204 g/mol. The third-order valence-electron chi connectivity index (χ3n) is 1.22. The highest BCUT2D eigenvalue weighted by Gasteiger charge is 2.32. The first-order valence-corrected chi connectivity index (χ1v) is 3.31. The Morgan fingerprint density at radius 2 is 2.14 bits per heavy atom. The standard InChI is InChI=1S/C7H3F3N2O2/c8-7(9,10)14-6-3-12-4(2-11)1-5(6)13/h1,3H,(H,12,13). The fourth-order valence-corrected chi connectivity index (χ4v) is 0.727. The van der Waals surface area contributed by atoms with Crippen molar-refractivity contribution in [3.8, 4) is 11.8 Å². The number of hydrogen-bond donors (Lipinski definition) is 1. The van der Waals surface area contributed by atoms with Gasteiger partial charge >= 0.3 is 6.36 Å². The van der Waals surface area contributed by atoms with Gasteiger partial charge in [-0.3, -0.25) is 4.79 Å². The van der Waals surface area contributed by atoms with Crippen molar-refractivity contribution in [1.29, 1.82) is 5.26 Å². The summed E-state index contributed by atoms with van der Waals surface area (Å²) in [6.45, 7) is 0. The van der Waals surface area contributed by atoms with Crippen LogP contribution in [0.3, 0.4) is 0 Å². The quantitative estimate of drug-likeness (QED) is 0.745. The minimum atomic E-state index is -4.92. The van der Waals surface area contributed by atoms with E-state index in [0.29, 0.717) is 6.20 Å². The topological polar surface area (TPSA) is 65.9 Å². The van der Waals surface area contributed by atoms with Crippen molar-refractivity contribution in [2.75, 3.05) is 0 Å². The number of alkyl halides is 3. The van der Waals surface area contributed by atoms with Crippen LogP contribution in [-0.4, -0.2) is 11.3 Å². The molecular weight excluding hydrogens is 201 g/mol. The maximum atomic E-state index is 11.7. The number of nitrogens with one attached hydrogen (secondary N) is 1. The van der Waals surface area contributed by atoms with Crippen molar-refractivity contribution < 1.29 is 17.9 Å². The highest BCUT2D eigenvalue weighted by atomic mass is 19.4. The number of aromatic nitrogens is 1. The molecule has 0 bridgehead atoms. The molecule has 0 spiro atoms. The van der Waals surface area contributed by atoms with Crippen LogP contribution in [-0.2, 0) is 0 Å². The van der Waals surface area contributed by atoms with Crippen LogP contribution in [0.15, 0.2) is 17.1 Å². The van der Waals surface area contributed by atoms with Gasteiger partial charge in [0.25, 0.3) is 0 Å². The van der Waals surface area contributed by atoms with E-state index in [-0.39, 0.29) is 5.69 Å². The van der Waals surface area contributed by atoms with Crippen LogP contribution in [0.5, 0.6) is 5.75 Å². The van der Waals surface area contributed by atoms with Crippen LogP contribution in [0.25, 0.3) is 0 Å². The van der Waals surface area contributed by atoms with Gasteiger partial charge in [-0.2, -0.15) is 5.26 Å². The number of halogens is 3. The van der Waals surface area contributed by atoms with Gasteiger partial charge in [-0.25, -0.2) is 0 Å². The first-order valence-electron chi connectivity index (χ1n) is 3.31. The highest BCUT2D eigenvalue weighted by Crippen LogP contribution is 2.18. The Morgan fingerprint density at radius 1 is 1.50 bits per heavy atom. The van der Waals surface area contributed by atoms with Gasteiger partial charge < -0.3 is 9.72 Å². The Morgan fingerprint density at radius 3 is 2.57 bits per heavy atom. The molecule has 0 aliphatic heterocycles. The largest absolute Gasteiger partial charge is 0.573 e. The molecule has 0 amide bonds. The van der Waals surface area contributed by atoms with E-state index in [0.717, 1.165) is 6.07 Å². The number of nitrogens with zero attached hydrogens (tertiary/aromatic N) is 1. The van der Waals surface area contributed by atoms with Gasteiger partial charge in [-0.05, 0) is 0 Å². The fourth-order valence-electron chi connectivity index (χ4n) is 0.727. The summed E-state index contributed by atoms with van der Waals surface area (Å²) >= 11 is 0. The van der Waals surface area contributed by atoms with Crippen LogP contribution >= 0.6 is 0 Å². The molecule has 0 fully saturated rings. The summed E-state index contributed by atoms with van der Waals surface area (Å²) in [4.78, 5) is 13.0. The van der Waals surface area contributed by atoms with E-state index in [2.05, 4.69) is 9.72 Å². The molecule has 0 unspecified atom stereocenters. The zero-order valence-corrected chi connectivity index (χ0v) is 6.55. The monoisotopic (exact) mass is 204 g/mol. The van der Waals surface area contributed by atoms with Gasteiger partial charge in [0.1, 0.15) is 11.8 Å². The van der Waals surface area contributed by atoms with E-state index < -0.39 is 17.5 Å². The molecular formula is C7H3F3N2O2. The molecule has 0 saturated carbocycles. The summed E-state index contributed by atoms with van der Waals surface area (Å²) in [6, 6.07) is 2.29. The Hall–Kier alpha value is -1.97. The zero-order valence-electron chi connectivity index (χ0n) is 6.55. The number of H-pyrrole nitrogens is 1. The minimum absolute atomic E-state index is 0.135. The van der Waals surface area contributed by atoms with Crippen molar-refractivity contribution in [3.05, 3.63) is 28.2 Å². The minimum Gasteiger partial charge on any atom is -0.400 e. The molecule has 0 aromatic carbocycles. The number of aromatic amines is 1. The molecule has 4 nitrogen and oxygen atoms in total. The maximum Gasteiger partial charge on any atom is 0.573 e. The first-order chi connectivity index (χ1) is 6.42. The van der Waals surface area contributed by atoms with E-state index in [1.54, 1.807) is 6.07 Å². The van der Waals surface area contributed by atoms with Gasteiger partial charge in [-0.15, -0.1) is 13.2 Å². The van der Waals surface area contributed by atoms with E-state index in [4.69, 9.17) is 5.26 Å². The molecule has 1 rings (SSSR count). The summed E-state index contributed by atoms with van der Waals surface area (Å²) < 4.78 is 38.4. The second kappa shape index (κ2) is 3.41. The van der Waals surface area contributed by atoms with Crippen molar-refractivity contribution in [1.82, 2.24) is 4.98 Å². The number of pyridine rings is 1. The summed E-state index contributed by atoms with van der Waals surface area (Å²) in [5, 5.41) is 8.30. The molecule has 0 aliphatic rings. The Kier molecular flexibility index (Phi) is 2.47. The number of hydrogen-bond acceptors (Lipinski definition) is 3. The van der Waals surface area contributed by atoms with E-state index >= 15 is 0 Å². The molecule has 1 aromatic heterocycles.